The molecule has 1 aliphatic heterocycles. The third-order valence-corrected chi connectivity index (χ3v) is 11.3. The molecule has 2 bridgehead atoms. The number of benzene rings is 4. The van der Waals surface area contributed by atoms with Crippen molar-refractivity contribution in [3.63, 3.8) is 0 Å². The summed E-state index contributed by atoms with van der Waals surface area (Å²) < 4.78 is 22.6. The largest absolute Gasteiger partial charge is 0.497 e. The summed E-state index contributed by atoms with van der Waals surface area (Å²) >= 11 is 0. The quantitative estimate of drug-likeness (QED) is 0.0639. The Kier molecular flexibility index (Phi) is 7.96. The molecule has 2 aliphatic carbocycles. The van der Waals surface area contributed by atoms with Crippen LogP contribution in [-0.2, 0) is 20.7 Å². The maximum Gasteiger partial charge on any atom is 0.463 e. The molecule has 0 aromatic heterocycles. The average molecular weight is 646 g/mol. The predicted molar refractivity (Wildman–Crippen MR) is 181 cm³/mol. The van der Waals surface area contributed by atoms with E-state index in [0.29, 0.717) is 29.4 Å². The highest BCUT2D eigenvalue weighted by molar-refractivity contribution is 6.64. The monoisotopic (exact) mass is 645 g/mol. The van der Waals surface area contributed by atoms with Crippen LogP contribution in [0.4, 0.5) is 5.69 Å². The summed E-state index contributed by atoms with van der Waals surface area (Å²) in [6, 6.07) is 27.2. The summed E-state index contributed by atoms with van der Waals surface area (Å²) in [5.41, 5.74) is 11.8. The van der Waals surface area contributed by atoms with E-state index in [1.165, 1.54) is 4.90 Å². The van der Waals surface area contributed by atoms with Crippen molar-refractivity contribution in [2.24, 2.45) is 16.7 Å². The molecule has 0 unspecified atom stereocenters. The number of hydrogen-bond donors (Lipinski definition) is 0. The topological polar surface area (TPSA) is 111 Å². The van der Waals surface area contributed by atoms with Crippen molar-refractivity contribution in [3.8, 4) is 17.2 Å². The number of amides is 1. The van der Waals surface area contributed by atoms with E-state index < -0.39 is 23.7 Å². The van der Waals surface area contributed by atoms with Gasteiger partial charge in [-0.3, -0.25) is 4.79 Å². The highest BCUT2D eigenvalue weighted by atomic mass is 16.7. The lowest BCUT2D eigenvalue weighted by Crippen LogP contribution is -2.44. The SMILES string of the molecule is COc1ccc(N(CCc2ccc3c(c2)OCO3)C(=O)C(=[N+]=[N-])C(=O)O[C@H]2[C@@H]3CC[C@](C)([C@H]2c2ccc4ccccc4c2)C3(C)C)cc1. The van der Waals surface area contributed by atoms with Crippen molar-refractivity contribution in [3.05, 3.63) is 102 Å². The Balaban J connectivity index is 1.17. The number of nitrogens with zero attached hydrogens (tertiary/aromatic N) is 3. The van der Waals surface area contributed by atoms with E-state index in [-0.39, 0.29) is 36.0 Å². The van der Waals surface area contributed by atoms with E-state index in [4.69, 9.17) is 18.9 Å². The van der Waals surface area contributed by atoms with Crippen LogP contribution in [0.25, 0.3) is 16.3 Å². The molecule has 1 heterocycles. The number of carbonyl (C=O) groups excluding carboxylic acids is 2. The van der Waals surface area contributed by atoms with Gasteiger partial charge in [-0.25, -0.2) is 4.79 Å². The zero-order valence-electron chi connectivity index (χ0n) is 27.6. The zero-order valence-corrected chi connectivity index (χ0v) is 27.6. The summed E-state index contributed by atoms with van der Waals surface area (Å²) in [7, 11) is 1.56. The molecule has 4 atom stereocenters. The van der Waals surface area contributed by atoms with Gasteiger partial charge in [-0.1, -0.05) is 69.3 Å². The Morgan fingerprint density at radius 1 is 0.938 bits per heavy atom. The molecule has 9 heteroatoms. The summed E-state index contributed by atoms with van der Waals surface area (Å²) in [6.45, 7) is 7.14. The molecule has 0 saturated heterocycles. The molecule has 0 N–H and O–H groups in total. The van der Waals surface area contributed by atoms with Crippen LogP contribution < -0.4 is 19.1 Å². The summed E-state index contributed by atoms with van der Waals surface area (Å²) in [6.07, 6.45) is 1.84. The van der Waals surface area contributed by atoms with Crippen molar-refractivity contribution >= 4 is 34.0 Å². The number of esters is 1. The predicted octanol–water partition coefficient (Wildman–Crippen LogP) is 6.98. The molecule has 0 radical (unpaired) electrons. The highest BCUT2D eigenvalue weighted by Crippen LogP contribution is 2.71. The van der Waals surface area contributed by atoms with Gasteiger partial charge in [0.15, 0.2) is 11.5 Å². The fraction of sp³-hybridized carbons (Fsp3) is 0.359. The minimum atomic E-state index is -0.938. The molecular formula is C39H39N3O6. The van der Waals surface area contributed by atoms with Crippen molar-refractivity contribution < 1.29 is 33.3 Å². The molecule has 4 aromatic carbocycles. The van der Waals surface area contributed by atoms with E-state index >= 15 is 0 Å². The summed E-state index contributed by atoms with van der Waals surface area (Å²) in [5.74, 6) is 0.194. The van der Waals surface area contributed by atoms with Crippen LogP contribution in [0.1, 0.15) is 50.7 Å². The first kappa shape index (κ1) is 31.5. The van der Waals surface area contributed by atoms with Crippen LogP contribution in [0, 0.1) is 16.7 Å². The van der Waals surface area contributed by atoms with Gasteiger partial charge in [0.05, 0.1) is 7.11 Å². The van der Waals surface area contributed by atoms with E-state index in [2.05, 4.69) is 55.9 Å². The standard InChI is InChI=1S/C39H39N3O6/c1-38(2)30-17-19-39(38,3)33(27-11-10-25-7-5-6-8-26(25)22-27)35(30)48-37(44)34(41-40)36(43)42(28-12-14-29(45-4)15-13-28)20-18-24-9-16-31-32(21-24)47-23-46-31/h5-16,21-22,30,33,35H,17-20,23H2,1-4H3/t30-,33-,35-,39+/m0/s1. The van der Waals surface area contributed by atoms with Crippen LogP contribution in [0.5, 0.6) is 17.2 Å². The van der Waals surface area contributed by atoms with E-state index in [9.17, 15) is 15.1 Å². The number of rotatable bonds is 9. The third-order valence-electron chi connectivity index (χ3n) is 11.3. The Morgan fingerprint density at radius 2 is 1.69 bits per heavy atom. The van der Waals surface area contributed by atoms with Gasteiger partial charge in [0, 0.05) is 24.1 Å². The van der Waals surface area contributed by atoms with Gasteiger partial charge in [0.25, 0.3) is 0 Å². The Labute approximate surface area is 280 Å². The molecule has 48 heavy (non-hydrogen) atoms. The van der Waals surface area contributed by atoms with Crippen LogP contribution in [0.2, 0.25) is 0 Å². The Bertz CT molecular complexity index is 1950. The van der Waals surface area contributed by atoms with Crippen LogP contribution in [-0.4, -0.2) is 48.9 Å². The highest BCUT2D eigenvalue weighted by Gasteiger charge is 2.68. The van der Waals surface area contributed by atoms with E-state index in [1.807, 2.05) is 30.3 Å². The Hall–Kier alpha value is -5.14. The Morgan fingerprint density at radius 3 is 2.44 bits per heavy atom. The fourth-order valence-electron chi connectivity index (χ4n) is 8.32. The van der Waals surface area contributed by atoms with Crippen molar-refractivity contribution in [2.75, 3.05) is 25.3 Å². The molecule has 7 rings (SSSR count). The second-order valence-corrected chi connectivity index (χ2v) is 13.8. The molecule has 1 amide bonds. The van der Waals surface area contributed by atoms with Crippen molar-refractivity contribution in [1.29, 1.82) is 0 Å². The van der Waals surface area contributed by atoms with E-state index in [1.54, 1.807) is 31.4 Å². The van der Waals surface area contributed by atoms with Crippen molar-refractivity contribution in [2.45, 2.75) is 52.1 Å². The first-order valence-electron chi connectivity index (χ1n) is 16.4. The first-order chi connectivity index (χ1) is 23.1. The molecule has 246 valence electrons. The number of ether oxygens (including phenoxy) is 4. The third kappa shape index (κ3) is 5.19. The first-order valence-corrected chi connectivity index (χ1v) is 16.4. The van der Waals surface area contributed by atoms with Gasteiger partial charge in [-0.05, 0) is 88.4 Å². The normalized spacial score (nSPS) is 23.0. The maximum absolute atomic E-state index is 14.2. The van der Waals surface area contributed by atoms with Gasteiger partial charge in [0.1, 0.15) is 11.9 Å². The maximum atomic E-state index is 14.2. The zero-order chi connectivity index (χ0) is 33.6. The second-order valence-electron chi connectivity index (χ2n) is 13.8. The molecule has 3 aliphatic rings. The molecule has 4 aromatic rings. The molecular weight excluding hydrogens is 606 g/mol. The molecule has 2 fully saturated rings. The number of carbonyl (C=O) groups is 2. The average Bonchev–Trinajstić information content (AvgIpc) is 3.70. The minimum Gasteiger partial charge on any atom is -0.497 e. The molecule has 9 nitrogen and oxygen atoms in total. The lowest BCUT2D eigenvalue weighted by Gasteiger charge is -2.40. The second kappa shape index (κ2) is 12.1. The number of anilines is 1. The van der Waals surface area contributed by atoms with Crippen LogP contribution in [0.3, 0.4) is 0 Å². The van der Waals surface area contributed by atoms with Gasteiger partial charge in [0.2, 0.25) is 6.79 Å². The number of fused-ring (bicyclic) bond motifs is 4. The van der Waals surface area contributed by atoms with Gasteiger partial charge < -0.3 is 29.4 Å². The van der Waals surface area contributed by atoms with Crippen LogP contribution in [0.15, 0.2) is 84.9 Å². The lowest BCUT2D eigenvalue weighted by molar-refractivity contribution is -0.151. The summed E-state index contributed by atoms with van der Waals surface area (Å²) in [5, 5.41) is 2.26. The van der Waals surface area contributed by atoms with Crippen LogP contribution >= 0.6 is 0 Å². The van der Waals surface area contributed by atoms with Gasteiger partial charge in [-0.2, -0.15) is 4.79 Å². The number of hydrogen-bond acceptors (Lipinski definition) is 6. The number of methoxy groups -OCH3 is 1. The fourth-order valence-corrected chi connectivity index (χ4v) is 8.32. The lowest BCUT2D eigenvalue weighted by atomic mass is 9.64. The van der Waals surface area contributed by atoms with Gasteiger partial charge >= 0.3 is 17.6 Å². The molecule has 0 spiro atoms. The molecule has 2 saturated carbocycles. The minimum absolute atomic E-state index is 0.0710. The van der Waals surface area contributed by atoms with E-state index in [0.717, 1.165) is 34.7 Å². The smallest absolute Gasteiger partial charge is 0.463 e. The summed E-state index contributed by atoms with van der Waals surface area (Å²) in [4.78, 5) is 32.8. The van der Waals surface area contributed by atoms with Gasteiger partial charge in [-0.15, -0.1) is 0 Å². The van der Waals surface area contributed by atoms with Crippen molar-refractivity contribution in [1.82, 2.24) is 0 Å².